The van der Waals surface area contributed by atoms with E-state index in [0.29, 0.717) is 19.5 Å². The summed E-state index contributed by atoms with van der Waals surface area (Å²) in [7, 11) is 0. The summed E-state index contributed by atoms with van der Waals surface area (Å²) < 4.78 is 0. The number of carbonyl (C=O) groups excluding carboxylic acids is 1. The predicted molar refractivity (Wildman–Crippen MR) is 95.2 cm³/mol. The first-order chi connectivity index (χ1) is 12.0. The maximum absolute atomic E-state index is 13.2. The molecule has 2 atom stereocenters. The van der Waals surface area contributed by atoms with E-state index in [1.165, 1.54) is 5.56 Å². The van der Waals surface area contributed by atoms with Crippen LogP contribution in [0, 0.1) is 19.8 Å². The lowest BCUT2D eigenvalue weighted by Crippen LogP contribution is -2.38. The van der Waals surface area contributed by atoms with Gasteiger partial charge in [-0.3, -0.25) is 9.89 Å². The molecule has 0 radical (unpaired) electrons. The Bertz CT molecular complexity index is 776. The summed E-state index contributed by atoms with van der Waals surface area (Å²) in [5, 5.41) is 17.6. The van der Waals surface area contributed by atoms with Gasteiger partial charge in [0.15, 0.2) is 0 Å². The summed E-state index contributed by atoms with van der Waals surface area (Å²) >= 11 is 0. The number of hydrogen-bond donors (Lipinski definition) is 2. The van der Waals surface area contributed by atoms with Crippen LogP contribution in [0.1, 0.15) is 35.4 Å². The molecule has 2 aliphatic rings. The molecule has 2 N–H and O–H groups in total. The van der Waals surface area contributed by atoms with Gasteiger partial charge in [0.25, 0.3) is 0 Å². The number of hydrogen-bond acceptors (Lipinski definition) is 3. The van der Waals surface area contributed by atoms with Gasteiger partial charge in [-0.05, 0) is 44.7 Å². The number of nitrogens with one attached hydrogen (secondary N) is 1. The molecule has 0 spiro atoms. The molecule has 1 saturated heterocycles. The molecule has 4 rings (SSSR count). The summed E-state index contributed by atoms with van der Waals surface area (Å²) in [6, 6.07) is 10.3. The van der Waals surface area contributed by atoms with Crippen molar-refractivity contribution in [2.75, 3.05) is 13.1 Å². The summed E-state index contributed by atoms with van der Waals surface area (Å²) in [4.78, 5) is 15.0. The molecule has 1 amide bonds. The minimum absolute atomic E-state index is 0.0560. The maximum atomic E-state index is 13.2. The summed E-state index contributed by atoms with van der Waals surface area (Å²) in [6.45, 7) is 5.07. The summed E-state index contributed by atoms with van der Waals surface area (Å²) in [5.41, 5.74) is 3.94. The fourth-order valence-corrected chi connectivity index (χ4v) is 3.99. The lowest BCUT2D eigenvalue weighted by molar-refractivity contribution is -0.133. The molecular formula is C20H25N3O2. The quantitative estimate of drug-likeness (QED) is 0.896. The minimum atomic E-state index is -0.477. The van der Waals surface area contributed by atoms with Crippen molar-refractivity contribution >= 4 is 5.91 Å². The third kappa shape index (κ3) is 2.97. The third-order valence-electron chi connectivity index (χ3n) is 5.69. The first kappa shape index (κ1) is 16.3. The van der Waals surface area contributed by atoms with Crippen molar-refractivity contribution in [3.8, 4) is 0 Å². The van der Waals surface area contributed by atoms with E-state index in [-0.39, 0.29) is 17.2 Å². The first-order valence-electron chi connectivity index (χ1n) is 9.03. The number of β-amino-alcohol motifs (C(OH)–C–C–N with tert-alkyl or cyclic N) is 1. The van der Waals surface area contributed by atoms with E-state index in [1.54, 1.807) is 0 Å². The Hall–Kier alpha value is -2.14. The number of aliphatic hydroxyl groups excluding tert-OH is 1. The van der Waals surface area contributed by atoms with Gasteiger partial charge in [0.2, 0.25) is 5.91 Å². The van der Waals surface area contributed by atoms with Gasteiger partial charge in [-0.2, -0.15) is 5.10 Å². The second-order valence-electron chi connectivity index (χ2n) is 7.73. The standard InChI is InChI=1S/C20H25N3O2/c1-13-3-5-16(6-4-13)20(7-8-20)19(25)23-11-15(18(24)12-23)10-17-9-14(2)21-22-17/h3-6,9,15,18,24H,7-8,10-12H2,1-2H3,(H,21,22)/t15-,18-/m1/s1. The predicted octanol–water partition coefficient (Wildman–Crippen LogP) is 2.12. The Morgan fingerprint density at radius 3 is 2.60 bits per heavy atom. The van der Waals surface area contributed by atoms with E-state index in [0.717, 1.165) is 29.8 Å². The van der Waals surface area contributed by atoms with Crippen molar-refractivity contribution in [1.82, 2.24) is 15.1 Å². The summed E-state index contributed by atoms with van der Waals surface area (Å²) in [6.07, 6.45) is 2.04. The van der Waals surface area contributed by atoms with E-state index >= 15 is 0 Å². The van der Waals surface area contributed by atoms with Crippen LogP contribution in [0.4, 0.5) is 0 Å². The Balaban J connectivity index is 1.47. The zero-order chi connectivity index (χ0) is 17.6. The van der Waals surface area contributed by atoms with E-state index < -0.39 is 6.10 Å². The number of aliphatic hydroxyl groups is 1. The number of aromatic nitrogens is 2. The van der Waals surface area contributed by atoms with Gasteiger partial charge >= 0.3 is 0 Å². The first-order valence-corrected chi connectivity index (χ1v) is 9.03. The number of H-pyrrole nitrogens is 1. The van der Waals surface area contributed by atoms with E-state index in [2.05, 4.69) is 41.4 Å². The minimum Gasteiger partial charge on any atom is -0.391 e. The van der Waals surface area contributed by atoms with E-state index in [4.69, 9.17) is 0 Å². The molecule has 0 bridgehead atoms. The SMILES string of the molecule is Cc1ccc(C2(C(=O)N3C[C@@H](Cc4cc(C)[nH]n4)[C@H](O)C3)CC2)cc1. The monoisotopic (exact) mass is 339 g/mol. The van der Waals surface area contributed by atoms with Crippen LogP contribution >= 0.6 is 0 Å². The molecule has 1 aromatic heterocycles. The summed E-state index contributed by atoms with van der Waals surface area (Å²) in [5.74, 6) is 0.233. The normalized spacial score (nSPS) is 24.5. The van der Waals surface area contributed by atoms with Crippen molar-refractivity contribution in [2.45, 2.75) is 44.6 Å². The average molecular weight is 339 g/mol. The van der Waals surface area contributed by atoms with Gasteiger partial charge in [-0.15, -0.1) is 0 Å². The molecule has 1 aliphatic carbocycles. The molecular weight excluding hydrogens is 314 g/mol. The highest BCUT2D eigenvalue weighted by molar-refractivity contribution is 5.91. The van der Waals surface area contributed by atoms with Gasteiger partial charge in [-0.25, -0.2) is 0 Å². The molecule has 1 aliphatic heterocycles. The third-order valence-corrected chi connectivity index (χ3v) is 5.69. The largest absolute Gasteiger partial charge is 0.391 e. The van der Waals surface area contributed by atoms with Crippen molar-refractivity contribution in [3.63, 3.8) is 0 Å². The zero-order valence-electron chi connectivity index (χ0n) is 14.8. The molecule has 1 saturated carbocycles. The van der Waals surface area contributed by atoms with Crippen LogP contribution in [-0.2, 0) is 16.6 Å². The average Bonchev–Trinajstić information content (AvgIpc) is 3.18. The second kappa shape index (κ2) is 5.99. The molecule has 5 heteroatoms. The topological polar surface area (TPSA) is 69.2 Å². The number of likely N-dealkylation sites (tertiary alicyclic amines) is 1. The molecule has 0 unspecified atom stereocenters. The van der Waals surface area contributed by atoms with Gasteiger partial charge in [0.1, 0.15) is 0 Å². The molecule has 2 heterocycles. The van der Waals surface area contributed by atoms with Crippen LogP contribution in [0.2, 0.25) is 0 Å². The van der Waals surface area contributed by atoms with Crippen LogP contribution in [0.15, 0.2) is 30.3 Å². The highest BCUT2D eigenvalue weighted by Gasteiger charge is 2.54. The van der Waals surface area contributed by atoms with E-state index in [9.17, 15) is 9.90 Å². The Morgan fingerprint density at radius 1 is 1.28 bits per heavy atom. The number of amides is 1. The van der Waals surface area contributed by atoms with Crippen LogP contribution in [-0.4, -0.2) is 45.3 Å². The number of carbonyl (C=O) groups is 1. The maximum Gasteiger partial charge on any atom is 0.233 e. The number of nitrogens with zero attached hydrogens (tertiary/aromatic N) is 2. The van der Waals surface area contributed by atoms with Crippen LogP contribution in [0.3, 0.4) is 0 Å². The number of benzene rings is 1. The number of rotatable bonds is 4. The van der Waals surface area contributed by atoms with Crippen molar-refractivity contribution < 1.29 is 9.90 Å². The fraction of sp³-hybridized carbons (Fsp3) is 0.500. The highest BCUT2D eigenvalue weighted by atomic mass is 16.3. The number of aromatic amines is 1. The van der Waals surface area contributed by atoms with Gasteiger partial charge in [0.05, 0.1) is 17.2 Å². The van der Waals surface area contributed by atoms with Crippen molar-refractivity contribution in [3.05, 3.63) is 52.8 Å². The Morgan fingerprint density at radius 2 is 2.00 bits per heavy atom. The molecule has 132 valence electrons. The smallest absolute Gasteiger partial charge is 0.233 e. The van der Waals surface area contributed by atoms with Gasteiger partial charge in [-0.1, -0.05) is 29.8 Å². The van der Waals surface area contributed by atoms with E-state index in [1.807, 2.05) is 17.9 Å². The van der Waals surface area contributed by atoms with Gasteiger partial charge in [0, 0.05) is 24.7 Å². The van der Waals surface area contributed by atoms with Crippen molar-refractivity contribution in [1.29, 1.82) is 0 Å². The zero-order valence-corrected chi connectivity index (χ0v) is 14.8. The fourth-order valence-electron chi connectivity index (χ4n) is 3.99. The molecule has 2 aromatic rings. The lowest BCUT2D eigenvalue weighted by Gasteiger charge is -2.23. The Labute approximate surface area is 148 Å². The highest BCUT2D eigenvalue weighted by Crippen LogP contribution is 2.50. The Kier molecular flexibility index (Phi) is 3.91. The molecule has 25 heavy (non-hydrogen) atoms. The number of aryl methyl sites for hydroxylation is 2. The van der Waals surface area contributed by atoms with Gasteiger partial charge < -0.3 is 10.0 Å². The second-order valence-corrected chi connectivity index (χ2v) is 7.73. The van der Waals surface area contributed by atoms with Crippen molar-refractivity contribution in [2.24, 2.45) is 5.92 Å². The lowest BCUT2D eigenvalue weighted by atomic mass is 9.93. The molecule has 5 nitrogen and oxygen atoms in total. The van der Waals surface area contributed by atoms with Crippen LogP contribution in [0.5, 0.6) is 0 Å². The molecule has 2 fully saturated rings. The van der Waals surface area contributed by atoms with Crippen LogP contribution < -0.4 is 0 Å². The van der Waals surface area contributed by atoms with Crippen LogP contribution in [0.25, 0.3) is 0 Å². The molecule has 1 aromatic carbocycles.